The minimum atomic E-state index is 0.749. The monoisotopic (exact) mass is 206 g/mol. The smallest absolute Gasteiger partial charge is 0.140 e. The summed E-state index contributed by atoms with van der Waals surface area (Å²) >= 11 is 0. The van der Waals surface area contributed by atoms with Gasteiger partial charge in [0.05, 0.1) is 11.4 Å². The van der Waals surface area contributed by atoms with Crippen LogP contribution in [0.5, 0.6) is 0 Å². The van der Waals surface area contributed by atoms with E-state index in [1.165, 1.54) is 19.3 Å². The Morgan fingerprint density at radius 1 is 1.27 bits per heavy atom. The summed E-state index contributed by atoms with van der Waals surface area (Å²) in [6.45, 7) is 4.13. The maximum absolute atomic E-state index is 5.72. The van der Waals surface area contributed by atoms with Gasteiger partial charge in [0.2, 0.25) is 0 Å². The van der Waals surface area contributed by atoms with E-state index in [1.54, 1.807) is 0 Å². The van der Waals surface area contributed by atoms with Gasteiger partial charge in [-0.05, 0) is 31.9 Å². The molecule has 0 aromatic carbocycles. The number of hydrogen-bond acceptors (Lipinski definition) is 4. The van der Waals surface area contributed by atoms with E-state index in [4.69, 9.17) is 5.73 Å². The van der Waals surface area contributed by atoms with Gasteiger partial charge in [-0.15, -0.1) is 0 Å². The number of pyridine rings is 1. The van der Waals surface area contributed by atoms with Gasteiger partial charge in [0, 0.05) is 13.1 Å². The maximum atomic E-state index is 5.72. The van der Waals surface area contributed by atoms with Crippen molar-refractivity contribution in [3.05, 3.63) is 17.8 Å². The van der Waals surface area contributed by atoms with Crippen LogP contribution in [0.1, 0.15) is 25.0 Å². The number of nitrogens with one attached hydrogen (secondary N) is 1. The molecule has 0 radical (unpaired) electrons. The van der Waals surface area contributed by atoms with Crippen molar-refractivity contribution in [2.75, 3.05) is 24.2 Å². The molecule has 0 unspecified atom stereocenters. The molecule has 1 aromatic heterocycles. The van der Waals surface area contributed by atoms with Gasteiger partial charge < -0.3 is 11.2 Å². The standard InChI is InChI=1S/C11H18N4/c1-9-10(12)5-6-11(13-9)14-15-7-3-2-4-8-15/h5-6H,2-4,7-8,12H2,1H3,(H,13,14). The molecule has 2 heterocycles. The number of aryl methyl sites for hydroxylation is 1. The van der Waals surface area contributed by atoms with Crippen LogP contribution in [-0.4, -0.2) is 23.1 Å². The van der Waals surface area contributed by atoms with E-state index in [0.29, 0.717) is 0 Å². The van der Waals surface area contributed by atoms with Gasteiger partial charge in [0.25, 0.3) is 0 Å². The van der Waals surface area contributed by atoms with Crippen molar-refractivity contribution in [3.63, 3.8) is 0 Å². The molecule has 0 bridgehead atoms. The van der Waals surface area contributed by atoms with E-state index in [1.807, 2.05) is 19.1 Å². The molecule has 1 aliphatic heterocycles. The number of hydrogen-bond donors (Lipinski definition) is 2. The summed E-state index contributed by atoms with van der Waals surface area (Å²) in [7, 11) is 0. The highest BCUT2D eigenvalue weighted by molar-refractivity contribution is 5.48. The summed E-state index contributed by atoms with van der Waals surface area (Å²) in [5.74, 6) is 0.892. The number of hydrazine groups is 1. The van der Waals surface area contributed by atoms with Crippen molar-refractivity contribution in [2.45, 2.75) is 26.2 Å². The first-order valence-electron chi connectivity index (χ1n) is 5.50. The molecule has 0 amide bonds. The number of nitrogen functional groups attached to an aromatic ring is 1. The Morgan fingerprint density at radius 3 is 2.67 bits per heavy atom. The fourth-order valence-electron chi connectivity index (χ4n) is 1.80. The highest BCUT2D eigenvalue weighted by Crippen LogP contribution is 2.14. The van der Waals surface area contributed by atoms with Crippen LogP contribution < -0.4 is 11.2 Å². The van der Waals surface area contributed by atoms with Gasteiger partial charge in [0.1, 0.15) is 5.82 Å². The zero-order valence-corrected chi connectivity index (χ0v) is 9.16. The predicted octanol–water partition coefficient (Wildman–Crippen LogP) is 1.79. The topological polar surface area (TPSA) is 54.2 Å². The van der Waals surface area contributed by atoms with Crippen molar-refractivity contribution in [3.8, 4) is 0 Å². The quantitative estimate of drug-likeness (QED) is 0.774. The Labute approximate surface area is 90.5 Å². The molecule has 3 N–H and O–H groups in total. The number of anilines is 2. The molecule has 0 spiro atoms. The zero-order valence-electron chi connectivity index (χ0n) is 9.16. The fourth-order valence-corrected chi connectivity index (χ4v) is 1.80. The first-order chi connectivity index (χ1) is 7.25. The van der Waals surface area contributed by atoms with Crippen molar-refractivity contribution in [1.82, 2.24) is 9.99 Å². The SMILES string of the molecule is Cc1nc(NN2CCCCC2)ccc1N. The Kier molecular flexibility index (Phi) is 3.06. The van der Waals surface area contributed by atoms with Gasteiger partial charge in [0.15, 0.2) is 0 Å². The van der Waals surface area contributed by atoms with E-state index < -0.39 is 0 Å². The number of piperidine rings is 1. The molecule has 1 fully saturated rings. The highest BCUT2D eigenvalue weighted by Gasteiger charge is 2.10. The third-order valence-corrected chi connectivity index (χ3v) is 2.76. The van der Waals surface area contributed by atoms with Gasteiger partial charge in [-0.3, -0.25) is 0 Å². The second-order valence-electron chi connectivity index (χ2n) is 4.03. The minimum Gasteiger partial charge on any atom is -0.397 e. The Bertz CT molecular complexity index is 331. The van der Waals surface area contributed by atoms with Crippen LogP contribution in [-0.2, 0) is 0 Å². The van der Waals surface area contributed by atoms with Crippen LogP contribution in [0, 0.1) is 6.92 Å². The first-order valence-corrected chi connectivity index (χ1v) is 5.50. The Hall–Kier alpha value is -1.29. The molecule has 4 heteroatoms. The molecule has 1 aliphatic rings. The molecule has 82 valence electrons. The minimum absolute atomic E-state index is 0.749. The van der Waals surface area contributed by atoms with E-state index >= 15 is 0 Å². The molecular weight excluding hydrogens is 188 g/mol. The first kappa shape index (κ1) is 10.2. The number of nitrogens with zero attached hydrogens (tertiary/aromatic N) is 2. The van der Waals surface area contributed by atoms with Gasteiger partial charge in [-0.2, -0.15) is 0 Å². The summed E-state index contributed by atoms with van der Waals surface area (Å²) in [4.78, 5) is 4.39. The van der Waals surface area contributed by atoms with Crippen LogP contribution in [0.3, 0.4) is 0 Å². The molecule has 0 saturated carbocycles. The Balaban J connectivity index is 2.00. The third kappa shape index (κ3) is 2.59. The van der Waals surface area contributed by atoms with Gasteiger partial charge >= 0.3 is 0 Å². The summed E-state index contributed by atoms with van der Waals surface area (Å²) < 4.78 is 0. The molecule has 1 aromatic rings. The van der Waals surface area contributed by atoms with Crippen LogP contribution in [0.15, 0.2) is 12.1 Å². The third-order valence-electron chi connectivity index (χ3n) is 2.76. The molecule has 15 heavy (non-hydrogen) atoms. The highest BCUT2D eigenvalue weighted by atomic mass is 15.5. The van der Waals surface area contributed by atoms with Crippen molar-refractivity contribution >= 4 is 11.5 Å². The lowest BCUT2D eigenvalue weighted by Gasteiger charge is -2.27. The van der Waals surface area contributed by atoms with E-state index in [9.17, 15) is 0 Å². The van der Waals surface area contributed by atoms with Gasteiger partial charge in [-0.1, -0.05) is 6.42 Å². The predicted molar refractivity (Wildman–Crippen MR) is 62.4 cm³/mol. The normalized spacial score (nSPS) is 17.7. The summed E-state index contributed by atoms with van der Waals surface area (Å²) in [6.07, 6.45) is 3.87. The maximum Gasteiger partial charge on any atom is 0.140 e. The average Bonchev–Trinajstić information content (AvgIpc) is 2.25. The van der Waals surface area contributed by atoms with Crippen LogP contribution >= 0.6 is 0 Å². The molecule has 0 atom stereocenters. The lowest BCUT2D eigenvalue weighted by atomic mass is 10.2. The fraction of sp³-hybridized carbons (Fsp3) is 0.545. The van der Waals surface area contributed by atoms with Crippen molar-refractivity contribution in [1.29, 1.82) is 0 Å². The number of aromatic nitrogens is 1. The largest absolute Gasteiger partial charge is 0.397 e. The molecular formula is C11H18N4. The molecule has 2 rings (SSSR count). The Morgan fingerprint density at radius 2 is 2.00 bits per heavy atom. The summed E-state index contributed by atoms with van der Waals surface area (Å²) in [5.41, 5.74) is 10.7. The van der Waals surface area contributed by atoms with Crippen LogP contribution in [0.25, 0.3) is 0 Å². The lowest BCUT2D eigenvalue weighted by Crippen LogP contribution is -2.35. The van der Waals surface area contributed by atoms with Crippen molar-refractivity contribution < 1.29 is 0 Å². The summed E-state index contributed by atoms with van der Waals surface area (Å²) in [6, 6.07) is 3.82. The van der Waals surface area contributed by atoms with Crippen molar-refractivity contribution in [2.24, 2.45) is 0 Å². The molecule has 4 nitrogen and oxygen atoms in total. The molecule has 1 saturated heterocycles. The zero-order chi connectivity index (χ0) is 10.7. The van der Waals surface area contributed by atoms with E-state index in [0.717, 1.165) is 30.3 Å². The second kappa shape index (κ2) is 4.49. The van der Waals surface area contributed by atoms with Crippen LogP contribution in [0.2, 0.25) is 0 Å². The lowest BCUT2D eigenvalue weighted by molar-refractivity contribution is 0.272. The second-order valence-corrected chi connectivity index (χ2v) is 4.03. The number of rotatable bonds is 2. The molecule has 0 aliphatic carbocycles. The average molecular weight is 206 g/mol. The van der Waals surface area contributed by atoms with Gasteiger partial charge in [-0.25, -0.2) is 9.99 Å². The van der Waals surface area contributed by atoms with Crippen LogP contribution in [0.4, 0.5) is 11.5 Å². The van der Waals surface area contributed by atoms with E-state index in [2.05, 4.69) is 15.4 Å². The van der Waals surface area contributed by atoms with E-state index in [-0.39, 0.29) is 0 Å². The number of nitrogens with two attached hydrogens (primary N) is 1. The summed E-state index contributed by atoms with van der Waals surface area (Å²) in [5, 5.41) is 2.22.